The van der Waals surface area contributed by atoms with E-state index in [0.717, 1.165) is 12.8 Å². The molecule has 0 radical (unpaired) electrons. The van der Waals surface area contributed by atoms with Crippen molar-refractivity contribution in [1.82, 2.24) is 9.38 Å². The molecule has 0 bridgehead atoms. The molecule has 0 amide bonds. The predicted octanol–water partition coefficient (Wildman–Crippen LogP) is 4.01. The molecule has 9 heteroatoms. The van der Waals surface area contributed by atoms with Gasteiger partial charge in [0.25, 0.3) is 4.96 Å². The second-order valence-corrected chi connectivity index (χ2v) is 7.09. The molecule has 2 aromatic heterocycles. The smallest absolute Gasteiger partial charge is 0.373 e. The normalized spacial score (nSPS) is 15.6. The van der Waals surface area contributed by atoms with E-state index in [4.69, 9.17) is 16.3 Å². The van der Waals surface area contributed by atoms with Gasteiger partial charge in [-0.2, -0.15) is 9.38 Å². The van der Waals surface area contributed by atoms with Crippen molar-refractivity contribution in [3.05, 3.63) is 51.0 Å². The number of aromatic nitrogens is 2. The van der Waals surface area contributed by atoms with Crippen LogP contribution in [0.3, 0.4) is 0 Å². The van der Waals surface area contributed by atoms with E-state index in [9.17, 15) is 10.1 Å². The molecule has 7 nitrogen and oxygen atoms in total. The summed E-state index contributed by atoms with van der Waals surface area (Å²) in [6, 6.07) is 7.40. The second kappa shape index (κ2) is 6.53. The number of nitrogens with zero attached hydrogens (tertiary/aromatic N) is 4. The highest BCUT2D eigenvalue weighted by atomic mass is 35.5. The van der Waals surface area contributed by atoms with Crippen molar-refractivity contribution < 1.29 is 9.66 Å². The van der Waals surface area contributed by atoms with Gasteiger partial charge in [-0.1, -0.05) is 35.1 Å². The molecule has 4 rings (SSSR count). The summed E-state index contributed by atoms with van der Waals surface area (Å²) < 4.78 is 7.51. The minimum atomic E-state index is -0.367. The number of hydrogen-bond acceptors (Lipinski definition) is 6. The van der Waals surface area contributed by atoms with Crippen molar-refractivity contribution in [2.75, 3.05) is 18.0 Å². The van der Waals surface area contributed by atoms with Gasteiger partial charge in [0.15, 0.2) is 0 Å². The number of fused-ring (bicyclic) bond motifs is 1. The lowest BCUT2D eigenvalue weighted by molar-refractivity contribution is -0.389. The maximum atomic E-state index is 11.5. The Kier molecular flexibility index (Phi) is 4.22. The molecule has 3 aromatic rings. The molecule has 0 aliphatic carbocycles. The van der Waals surface area contributed by atoms with Gasteiger partial charge in [-0.05, 0) is 17.1 Å². The first-order valence-electron chi connectivity index (χ1n) is 7.89. The molecule has 1 aliphatic rings. The zero-order valence-corrected chi connectivity index (χ0v) is 14.7. The summed E-state index contributed by atoms with van der Waals surface area (Å²) >= 11 is 7.52. The van der Waals surface area contributed by atoms with Crippen molar-refractivity contribution in [3.8, 4) is 5.75 Å². The zero-order valence-electron chi connectivity index (χ0n) is 13.2. The lowest BCUT2D eigenvalue weighted by atomic mass is 10.1. The number of benzene rings is 1. The van der Waals surface area contributed by atoms with Gasteiger partial charge in [-0.25, -0.2) is 0 Å². The first kappa shape index (κ1) is 16.2. The third kappa shape index (κ3) is 3.03. The molecule has 0 atom stereocenters. The minimum Gasteiger partial charge on any atom is -0.489 e. The highest BCUT2D eigenvalue weighted by Crippen LogP contribution is 2.33. The van der Waals surface area contributed by atoms with Gasteiger partial charge in [0.1, 0.15) is 18.1 Å². The van der Waals surface area contributed by atoms with E-state index in [1.54, 1.807) is 17.6 Å². The van der Waals surface area contributed by atoms with E-state index in [1.165, 1.54) is 15.7 Å². The van der Waals surface area contributed by atoms with Crippen LogP contribution in [0.1, 0.15) is 12.8 Å². The van der Waals surface area contributed by atoms with Crippen molar-refractivity contribution in [2.45, 2.75) is 18.9 Å². The molecule has 25 heavy (non-hydrogen) atoms. The molecule has 0 spiro atoms. The van der Waals surface area contributed by atoms with E-state index in [2.05, 4.69) is 4.98 Å². The minimum absolute atomic E-state index is 0.0294. The van der Waals surface area contributed by atoms with Crippen molar-refractivity contribution in [1.29, 1.82) is 0 Å². The Morgan fingerprint density at radius 2 is 2.08 bits per heavy atom. The number of hydrogen-bond donors (Lipinski definition) is 0. The molecule has 1 aliphatic heterocycles. The fourth-order valence-electron chi connectivity index (χ4n) is 3.05. The summed E-state index contributed by atoms with van der Waals surface area (Å²) in [6.07, 6.45) is 3.24. The van der Waals surface area contributed by atoms with Gasteiger partial charge in [0.2, 0.25) is 5.82 Å². The van der Waals surface area contributed by atoms with Crippen molar-refractivity contribution >= 4 is 39.5 Å². The second-order valence-electron chi connectivity index (χ2n) is 5.81. The Morgan fingerprint density at radius 3 is 2.80 bits per heavy atom. The van der Waals surface area contributed by atoms with Crippen LogP contribution in [0, 0.1) is 10.1 Å². The van der Waals surface area contributed by atoms with Gasteiger partial charge in [-0.15, -0.1) is 0 Å². The number of piperidine rings is 1. The number of thiazole rings is 1. The predicted molar refractivity (Wildman–Crippen MR) is 97.0 cm³/mol. The van der Waals surface area contributed by atoms with Crippen LogP contribution in [0.5, 0.6) is 5.75 Å². The SMILES string of the molecule is O=[N+]([O-])c1c(N2CCC(Oc3ccccc3Cl)CC2)nc2sccn12. The third-order valence-corrected chi connectivity index (χ3v) is 5.33. The van der Waals surface area contributed by atoms with E-state index in [0.29, 0.717) is 34.6 Å². The van der Waals surface area contributed by atoms with Gasteiger partial charge in [0.05, 0.1) is 5.02 Å². The first-order valence-corrected chi connectivity index (χ1v) is 9.15. The molecule has 1 saturated heterocycles. The molecule has 3 heterocycles. The number of ether oxygens (including phenoxy) is 1. The average Bonchev–Trinajstić information content (AvgIpc) is 3.18. The van der Waals surface area contributed by atoms with Crippen LogP contribution in [0.15, 0.2) is 35.8 Å². The van der Waals surface area contributed by atoms with Crippen LogP contribution in [0.4, 0.5) is 11.6 Å². The number of anilines is 1. The van der Waals surface area contributed by atoms with E-state index in [1.807, 2.05) is 23.1 Å². The molecular weight excluding hydrogens is 364 g/mol. The molecule has 1 fully saturated rings. The summed E-state index contributed by atoms with van der Waals surface area (Å²) in [5, 5.41) is 13.9. The van der Waals surface area contributed by atoms with Gasteiger partial charge < -0.3 is 19.8 Å². The largest absolute Gasteiger partial charge is 0.489 e. The van der Waals surface area contributed by atoms with Crippen LogP contribution in [-0.4, -0.2) is 33.5 Å². The molecular formula is C16H15ClN4O3S. The highest BCUT2D eigenvalue weighted by molar-refractivity contribution is 7.15. The monoisotopic (exact) mass is 378 g/mol. The van der Waals surface area contributed by atoms with E-state index < -0.39 is 0 Å². The Hall–Kier alpha value is -2.32. The topological polar surface area (TPSA) is 72.9 Å². The van der Waals surface area contributed by atoms with Crippen LogP contribution < -0.4 is 9.64 Å². The lowest BCUT2D eigenvalue weighted by Crippen LogP contribution is -2.38. The zero-order chi connectivity index (χ0) is 17.4. The van der Waals surface area contributed by atoms with Crippen molar-refractivity contribution in [3.63, 3.8) is 0 Å². The van der Waals surface area contributed by atoms with E-state index >= 15 is 0 Å². The fourth-order valence-corrected chi connectivity index (χ4v) is 3.93. The number of halogens is 1. The Balaban J connectivity index is 1.49. The summed E-state index contributed by atoms with van der Waals surface area (Å²) in [4.78, 5) is 18.1. The van der Waals surface area contributed by atoms with Crippen LogP contribution in [0.2, 0.25) is 5.02 Å². The fraction of sp³-hybridized carbons (Fsp3) is 0.312. The van der Waals surface area contributed by atoms with Gasteiger partial charge in [0, 0.05) is 31.3 Å². The quantitative estimate of drug-likeness (QED) is 0.506. The average molecular weight is 379 g/mol. The Labute approximate surface area is 152 Å². The molecule has 0 N–H and O–H groups in total. The number of para-hydroxylation sites is 1. The van der Waals surface area contributed by atoms with Gasteiger partial charge >= 0.3 is 5.82 Å². The van der Waals surface area contributed by atoms with Crippen molar-refractivity contribution in [2.24, 2.45) is 0 Å². The first-order chi connectivity index (χ1) is 12.1. The maximum absolute atomic E-state index is 11.5. The van der Waals surface area contributed by atoms with Crippen LogP contribution >= 0.6 is 22.9 Å². The van der Waals surface area contributed by atoms with Gasteiger partial charge in [-0.3, -0.25) is 0 Å². The molecule has 1 aromatic carbocycles. The summed E-state index contributed by atoms with van der Waals surface area (Å²) in [5.74, 6) is 1.14. The summed E-state index contributed by atoms with van der Waals surface area (Å²) in [7, 11) is 0. The molecule has 0 unspecified atom stereocenters. The highest BCUT2D eigenvalue weighted by Gasteiger charge is 2.31. The standard InChI is InChI=1S/C16H15ClN4O3S/c17-12-3-1-2-4-13(12)24-11-5-7-19(8-6-11)14-15(21(22)23)20-9-10-25-16(20)18-14/h1-4,9-11H,5-8H2. The summed E-state index contributed by atoms with van der Waals surface area (Å²) in [6.45, 7) is 1.31. The summed E-state index contributed by atoms with van der Waals surface area (Å²) in [5.41, 5.74) is 0. The lowest BCUT2D eigenvalue weighted by Gasteiger charge is -2.32. The molecule has 130 valence electrons. The Morgan fingerprint density at radius 1 is 1.32 bits per heavy atom. The number of nitro groups is 1. The van der Waals surface area contributed by atoms with Crippen LogP contribution in [-0.2, 0) is 0 Å². The number of imidazole rings is 1. The third-order valence-electron chi connectivity index (χ3n) is 4.26. The number of rotatable bonds is 4. The molecule has 0 saturated carbocycles. The van der Waals surface area contributed by atoms with E-state index in [-0.39, 0.29) is 16.8 Å². The Bertz CT molecular complexity index is 917. The van der Waals surface area contributed by atoms with Crippen LogP contribution in [0.25, 0.3) is 4.96 Å². The maximum Gasteiger partial charge on any atom is 0.373 e.